The first-order valence-electron chi connectivity index (χ1n) is 10.2. The van der Waals surface area contributed by atoms with E-state index < -0.39 is 45.9 Å². The van der Waals surface area contributed by atoms with Gasteiger partial charge in [0.1, 0.15) is 0 Å². The van der Waals surface area contributed by atoms with Crippen molar-refractivity contribution in [2.24, 2.45) is 0 Å². The summed E-state index contributed by atoms with van der Waals surface area (Å²) in [6.07, 6.45) is -0.913. The van der Waals surface area contributed by atoms with Gasteiger partial charge in [-0.25, -0.2) is 21.2 Å². The molecule has 0 N–H and O–H groups in total. The van der Waals surface area contributed by atoms with Gasteiger partial charge < -0.3 is 4.74 Å². The number of hydrogen-bond acceptors (Lipinski definition) is 6. The van der Waals surface area contributed by atoms with E-state index in [1.165, 1.54) is 49.4 Å². The summed E-state index contributed by atoms with van der Waals surface area (Å²) < 4.78 is 73.0. The smallest absolute Gasteiger partial charge is 0.357 e. The monoisotopic (exact) mass is 502 g/mol. The first kappa shape index (κ1) is 25.3. The molecule has 3 aromatic rings. The van der Waals surface area contributed by atoms with E-state index in [1.54, 1.807) is 30.3 Å². The second-order valence-electron chi connectivity index (χ2n) is 7.50. The van der Waals surface area contributed by atoms with Crippen LogP contribution in [-0.2, 0) is 29.2 Å². The molecule has 0 aromatic heterocycles. The molecule has 1 unspecified atom stereocenters. The standard InChI is InChI=1S/C25H23FO6S2/c1-19(18-21-12-6-3-7-13-21)24(32-20(2)27)25(26,33(28,29)22-14-8-4-9-15-22)34(30,31)23-16-10-5-11-17-23/h3-18,24H,1-2H3/b19-18-. The fraction of sp³-hybridized carbons (Fsp3) is 0.160. The number of carbonyl (C=O) groups is 1. The molecule has 0 fully saturated rings. The van der Waals surface area contributed by atoms with Crippen molar-refractivity contribution in [2.45, 2.75) is 34.1 Å². The molecular formula is C25H23FO6S2. The molecule has 0 aliphatic rings. The van der Waals surface area contributed by atoms with Crippen LogP contribution in [0, 0.1) is 0 Å². The lowest BCUT2D eigenvalue weighted by atomic mass is 10.1. The molecule has 178 valence electrons. The molecule has 34 heavy (non-hydrogen) atoms. The van der Waals surface area contributed by atoms with Crippen LogP contribution in [0.5, 0.6) is 0 Å². The molecule has 6 nitrogen and oxygen atoms in total. The maximum atomic E-state index is 17.2. The summed E-state index contributed by atoms with van der Waals surface area (Å²) in [7, 11) is -10.5. The van der Waals surface area contributed by atoms with Crippen molar-refractivity contribution in [1.82, 2.24) is 0 Å². The molecule has 0 spiro atoms. The van der Waals surface area contributed by atoms with Gasteiger partial charge in [0.05, 0.1) is 9.79 Å². The number of carbonyl (C=O) groups excluding carboxylic acids is 1. The Morgan fingerprint density at radius 1 is 0.765 bits per heavy atom. The number of ether oxygens (including phenoxy) is 1. The highest BCUT2D eigenvalue weighted by Crippen LogP contribution is 2.43. The molecule has 0 heterocycles. The molecule has 3 rings (SSSR count). The van der Waals surface area contributed by atoms with Gasteiger partial charge in [0, 0.05) is 6.92 Å². The molecule has 0 aliphatic carbocycles. The summed E-state index contributed by atoms with van der Waals surface area (Å²) in [4.78, 5) is 10.8. The Bertz CT molecular complexity index is 1320. The van der Waals surface area contributed by atoms with Crippen LogP contribution < -0.4 is 0 Å². The predicted octanol–water partition coefficient (Wildman–Crippen LogP) is 4.59. The maximum absolute atomic E-state index is 17.2. The van der Waals surface area contributed by atoms with E-state index in [4.69, 9.17) is 4.74 Å². The Hall–Kier alpha value is -3.30. The minimum Gasteiger partial charge on any atom is -0.452 e. The third-order valence-electron chi connectivity index (χ3n) is 5.04. The molecule has 0 radical (unpaired) electrons. The summed E-state index contributed by atoms with van der Waals surface area (Å²) in [6, 6.07) is 21.2. The number of hydrogen-bond donors (Lipinski definition) is 0. The van der Waals surface area contributed by atoms with Crippen molar-refractivity contribution in [3.63, 3.8) is 0 Å². The summed E-state index contributed by atoms with van der Waals surface area (Å²) in [5, 5.41) is 0. The molecule has 0 amide bonds. The van der Waals surface area contributed by atoms with E-state index in [1.807, 2.05) is 0 Å². The van der Waals surface area contributed by atoms with Gasteiger partial charge >= 0.3 is 10.3 Å². The molecule has 0 saturated carbocycles. The van der Waals surface area contributed by atoms with E-state index in [2.05, 4.69) is 0 Å². The van der Waals surface area contributed by atoms with Crippen molar-refractivity contribution < 1.29 is 30.8 Å². The number of halogens is 1. The zero-order valence-electron chi connectivity index (χ0n) is 18.5. The van der Waals surface area contributed by atoms with Gasteiger partial charge in [0.25, 0.3) is 0 Å². The second-order valence-corrected chi connectivity index (χ2v) is 11.9. The van der Waals surface area contributed by atoms with Crippen molar-refractivity contribution >= 4 is 31.7 Å². The maximum Gasteiger partial charge on any atom is 0.357 e. The summed E-state index contributed by atoms with van der Waals surface area (Å²) in [6.45, 7) is 2.27. The molecule has 0 saturated heterocycles. The zero-order chi connectivity index (χ0) is 25.0. The van der Waals surface area contributed by atoms with Crippen LogP contribution in [0.1, 0.15) is 19.4 Å². The van der Waals surface area contributed by atoms with Crippen molar-refractivity contribution in [1.29, 1.82) is 0 Å². The van der Waals surface area contributed by atoms with Crippen molar-refractivity contribution in [3.05, 3.63) is 102 Å². The third-order valence-corrected chi connectivity index (χ3v) is 10.0. The normalized spacial score (nSPS) is 13.8. The highest BCUT2D eigenvalue weighted by molar-refractivity contribution is 8.10. The number of benzene rings is 3. The summed E-state index contributed by atoms with van der Waals surface area (Å²) in [5.74, 6) is -1.04. The van der Waals surface area contributed by atoms with Crippen LogP contribution in [0.2, 0.25) is 0 Å². The molecule has 0 bridgehead atoms. The minimum absolute atomic E-state index is 0.108. The van der Waals surface area contributed by atoms with Gasteiger partial charge in [-0.3, -0.25) is 4.79 Å². The van der Waals surface area contributed by atoms with E-state index in [-0.39, 0.29) is 5.57 Å². The highest BCUT2D eigenvalue weighted by atomic mass is 32.3. The van der Waals surface area contributed by atoms with Crippen LogP contribution in [-0.4, -0.2) is 33.2 Å². The van der Waals surface area contributed by atoms with Gasteiger partial charge in [-0.05, 0) is 42.3 Å². The van der Waals surface area contributed by atoms with Crippen molar-refractivity contribution in [3.8, 4) is 0 Å². The first-order valence-corrected chi connectivity index (χ1v) is 13.2. The minimum atomic E-state index is -5.26. The van der Waals surface area contributed by atoms with Crippen LogP contribution in [0.15, 0.2) is 106 Å². The van der Waals surface area contributed by atoms with Gasteiger partial charge in [-0.15, -0.1) is 0 Å². The Balaban J connectivity index is 2.36. The van der Waals surface area contributed by atoms with Crippen LogP contribution >= 0.6 is 0 Å². The largest absolute Gasteiger partial charge is 0.452 e. The molecule has 3 aromatic carbocycles. The second kappa shape index (κ2) is 9.90. The summed E-state index contributed by atoms with van der Waals surface area (Å²) in [5.41, 5.74) is 0.427. The number of esters is 1. The predicted molar refractivity (Wildman–Crippen MR) is 127 cm³/mol. The van der Waals surface area contributed by atoms with Crippen LogP contribution in [0.25, 0.3) is 6.08 Å². The lowest BCUT2D eigenvalue weighted by molar-refractivity contribution is -0.146. The zero-order valence-corrected chi connectivity index (χ0v) is 20.1. The van der Waals surface area contributed by atoms with Gasteiger partial charge in [0.15, 0.2) is 6.10 Å². The lowest BCUT2D eigenvalue weighted by Gasteiger charge is -2.33. The SMILES string of the molecule is CC(=O)OC(/C(C)=C\c1ccccc1)C(F)(S(=O)(=O)c1ccccc1)S(=O)(=O)c1ccccc1. The van der Waals surface area contributed by atoms with E-state index in [9.17, 15) is 21.6 Å². The Kier molecular flexibility index (Phi) is 7.38. The first-order chi connectivity index (χ1) is 16.0. The molecule has 9 heteroatoms. The average Bonchev–Trinajstić information content (AvgIpc) is 2.83. The molecule has 1 atom stereocenters. The van der Waals surface area contributed by atoms with Gasteiger partial charge in [-0.1, -0.05) is 72.8 Å². The number of sulfone groups is 2. The number of rotatable bonds is 8. The van der Waals surface area contributed by atoms with E-state index >= 15 is 4.39 Å². The van der Waals surface area contributed by atoms with Crippen LogP contribution in [0.3, 0.4) is 0 Å². The molecule has 0 aliphatic heterocycles. The Morgan fingerprint density at radius 3 is 1.53 bits per heavy atom. The van der Waals surface area contributed by atoms with E-state index in [0.717, 1.165) is 31.2 Å². The third kappa shape index (κ3) is 4.67. The van der Waals surface area contributed by atoms with Gasteiger partial charge in [0.2, 0.25) is 19.7 Å². The average molecular weight is 503 g/mol. The molecular weight excluding hydrogens is 479 g/mol. The fourth-order valence-corrected chi connectivity index (χ4v) is 7.87. The Labute approximate surface area is 198 Å². The van der Waals surface area contributed by atoms with Gasteiger partial charge in [-0.2, -0.15) is 0 Å². The topological polar surface area (TPSA) is 94.6 Å². The number of alkyl halides is 1. The van der Waals surface area contributed by atoms with Crippen LogP contribution in [0.4, 0.5) is 4.39 Å². The quantitative estimate of drug-likeness (QED) is 0.418. The fourth-order valence-electron chi connectivity index (χ4n) is 3.44. The lowest BCUT2D eigenvalue weighted by Crippen LogP contribution is -2.53. The summed E-state index contributed by atoms with van der Waals surface area (Å²) >= 11 is 0. The highest BCUT2D eigenvalue weighted by Gasteiger charge is 2.65. The van der Waals surface area contributed by atoms with E-state index in [0.29, 0.717) is 5.56 Å². The van der Waals surface area contributed by atoms with Crippen molar-refractivity contribution in [2.75, 3.05) is 0 Å². The Morgan fingerprint density at radius 2 is 1.15 bits per heavy atom.